The minimum atomic E-state index is -0.931. The monoisotopic (exact) mass is 346 g/mol. The smallest absolute Gasteiger partial charge is 0.270 e. The average molecular weight is 346 g/mol. The van der Waals surface area contributed by atoms with Gasteiger partial charge >= 0.3 is 0 Å². The normalized spacial score (nSPS) is 11.1. The van der Waals surface area contributed by atoms with E-state index in [4.69, 9.17) is 4.74 Å². The summed E-state index contributed by atoms with van der Waals surface area (Å²) in [7, 11) is 1.25. The summed E-state index contributed by atoms with van der Waals surface area (Å²) in [5.41, 5.74) is -0.349. The van der Waals surface area contributed by atoms with E-state index in [-0.39, 0.29) is 18.0 Å². The number of methoxy groups -OCH3 is 1. The van der Waals surface area contributed by atoms with Crippen LogP contribution < -0.4 is 10.1 Å². The molecule has 0 saturated heterocycles. The van der Waals surface area contributed by atoms with Crippen LogP contribution in [-0.2, 0) is 6.42 Å². The van der Waals surface area contributed by atoms with Crippen molar-refractivity contribution in [3.63, 3.8) is 0 Å². The van der Waals surface area contributed by atoms with Gasteiger partial charge in [0, 0.05) is 18.2 Å². The van der Waals surface area contributed by atoms with Gasteiger partial charge in [-0.15, -0.1) is 0 Å². The minimum Gasteiger partial charge on any atom is -0.479 e. The van der Waals surface area contributed by atoms with Crippen LogP contribution in [0, 0.1) is 5.82 Å². The Morgan fingerprint density at radius 3 is 2.56 bits per heavy atom. The number of halogens is 1. The van der Waals surface area contributed by atoms with Crippen molar-refractivity contribution < 1.29 is 18.7 Å². The number of amides is 1. The number of pyridine rings is 1. The Bertz CT molecular complexity index is 803. The van der Waals surface area contributed by atoms with Crippen LogP contribution in [0.1, 0.15) is 47.3 Å². The molecule has 2 aromatic rings. The zero-order valence-corrected chi connectivity index (χ0v) is 14.5. The highest BCUT2D eigenvalue weighted by Crippen LogP contribution is 2.17. The van der Waals surface area contributed by atoms with Crippen LogP contribution >= 0.6 is 0 Å². The van der Waals surface area contributed by atoms with Gasteiger partial charge in [-0.1, -0.05) is 6.07 Å². The lowest BCUT2D eigenvalue weighted by Gasteiger charge is -2.20. The molecule has 1 N–H and O–H groups in total. The number of ketones is 1. The predicted octanol–water partition coefficient (Wildman–Crippen LogP) is 1.97. The summed E-state index contributed by atoms with van der Waals surface area (Å²) in [6.07, 6.45) is 2.28. The Hall–Kier alpha value is -2.90. The molecule has 0 atom stereocenters. The number of hydrogen-bond acceptors (Lipinski definition) is 6. The lowest BCUT2D eigenvalue weighted by molar-refractivity contribution is 0.0913. The molecular formula is C17H19FN4O3. The van der Waals surface area contributed by atoms with E-state index in [1.165, 1.54) is 13.3 Å². The molecule has 1 amide bonds. The van der Waals surface area contributed by atoms with Crippen LogP contribution in [0.5, 0.6) is 5.88 Å². The third-order valence-corrected chi connectivity index (χ3v) is 3.16. The highest BCUT2D eigenvalue weighted by molar-refractivity contribution is 5.99. The number of nitrogens with zero attached hydrogens (tertiary/aromatic N) is 3. The number of hydrogen-bond donors (Lipinski definition) is 1. The number of ether oxygens (including phenoxy) is 1. The van der Waals surface area contributed by atoms with Crippen LogP contribution in [-0.4, -0.2) is 39.3 Å². The molecule has 132 valence electrons. The second kappa shape index (κ2) is 7.33. The maximum Gasteiger partial charge on any atom is 0.270 e. The van der Waals surface area contributed by atoms with Crippen molar-refractivity contribution in [3.05, 3.63) is 47.4 Å². The first-order valence-electron chi connectivity index (χ1n) is 7.57. The molecule has 0 spiro atoms. The molecule has 0 aliphatic carbocycles. The third kappa shape index (κ3) is 4.56. The van der Waals surface area contributed by atoms with Gasteiger partial charge in [-0.3, -0.25) is 14.6 Å². The molecule has 2 heterocycles. The fourth-order valence-electron chi connectivity index (χ4n) is 2.13. The quantitative estimate of drug-likeness (QED) is 0.832. The molecule has 0 aliphatic heterocycles. The van der Waals surface area contributed by atoms with E-state index in [1.807, 2.05) is 20.8 Å². The maximum atomic E-state index is 14.1. The van der Waals surface area contributed by atoms with E-state index in [1.54, 1.807) is 12.1 Å². The molecule has 2 aromatic heterocycles. The molecule has 2 rings (SSSR count). The van der Waals surface area contributed by atoms with E-state index in [2.05, 4.69) is 20.3 Å². The number of carbonyl (C=O) groups excluding carboxylic acids is 2. The number of rotatable bonds is 5. The summed E-state index contributed by atoms with van der Waals surface area (Å²) in [4.78, 5) is 36.1. The van der Waals surface area contributed by atoms with Crippen molar-refractivity contribution in [2.75, 3.05) is 7.11 Å². The molecule has 8 heteroatoms. The molecule has 0 bridgehead atoms. The first-order chi connectivity index (χ1) is 11.7. The lowest BCUT2D eigenvalue weighted by atomic mass is 10.0. The van der Waals surface area contributed by atoms with Crippen LogP contribution in [0.2, 0.25) is 0 Å². The van der Waals surface area contributed by atoms with E-state index in [9.17, 15) is 14.0 Å². The minimum absolute atomic E-state index is 0.118. The fourth-order valence-corrected chi connectivity index (χ4v) is 2.13. The standard InChI is InChI=1S/C17H19FN4O3/c1-17(2,3)22-15(24)13-10(6-5-7-19-13)8-11(23)14-12(18)16(25-4)21-9-20-14/h5-7,9H,8H2,1-4H3,(H,22,24). The first kappa shape index (κ1) is 18.4. The fraction of sp³-hybridized carbons (Fsp3) is 0.353. The molecule has 25 heavy (non-hydrogen) atoms. The van der Waals surface area contributed by atoms with Crippen molar-refractivity contribution in [3.8, 4) is 5.88 Å². The van der Waals surface area contributed by atoms with Gasteiger partial charge in [-0.2, -0.15) is 9.37 Å². The second-order valence-electron chi connectivity index (χ2n) is 6.36. The summed E-state index contributed by atoms with van der Waals surface area (Å²) in [5, 5.41) is 2.79. The first-order valence-corrected chi connectivity index (χ1v) is 7.57. The van der Waals surface area contributed by atoms with Crippen molar-refractivity contribution >= 4 is 11.7 Å². The Morgan fingerprint density at radius 2 is 1.92 bits per heavy atom. The van der Waals surface area contributed by atoms with E-state index < -0.39 is 28.7 Å². The number of Topliss-reactive ketones (excluding diaryl/α,β-unsaturated/α-hetero) is 1. The van der Waals surface area contributed by atoms with Crippen LogP contribution in [0.4, 0.5) is 4.39 Å². The van der Waals surface area contributed by atoms with E-state index in [0.717, 1.165) is 6.33 Å². The Labute approximate surface area is 144 Å². The lowest BCUT2D eigenvalue weighted by Crippen LogP contribution is -2.41. The summed E-state index contributed by atoms with van der Waals surface area (Å²) < 4.78 is 18.9. The van der Waals surface area contributed by atoms with Gasteiger partial charge in [-0.05, 0) is 32.4 Å². The van der Waals surface area contributed by atoms with Gasteiger partial charge in [-0.25, -0.2) is 4.98 Å². The van der Waals surface area contributed by atoms with Crippen LogP contribution in [0.3, 0.4) is 0 Å². The molecule has 7 nitrogen and oxygen atoms in total. The van der Waals surface area contributed by atoms with Crippen molar-refractivity contribution in [1.29, 1.82) is 0 Å². The van der Waals surface area contributed by atoms with E-state index in [0.29, 0.717) is 5.56 Å². The average Bonchev–Trinajstić information content (AvgIpc) is 2.53. The van der Waals surface area contributed by atoms with Gasteiger partial charge in [0.25, 0.3) is 11.8 Å². The van der Waals surface area contributed by atoms with Gasteiger partial charge in [0.2, 0.25) is 5.82 Å². The molecular weight excluding hydrogens is 327 g/mol. The van der Waals surface area contributed by atoms with Crippen LogP contribution in [0.15, 0.2) is 24.7 Å². The summed E-state index contributed by atoms with van der Waals surface area (Å²) in [5.74, 6) is -2.25. The highest BCUT2D eigenvalue weighted by Gasteiger charge is 2.23. The SMILES string of the molecule is COc1ncnc(C(=O)Cc2cccnc2C(=O)NC(C)(C)C)c1F. The topological polar surface area (TPSA) is 94.1 Å². The van der Waals surface area contributed by atoms with Crippen molar-refractivity contribution in [1.82, 2.24) is 20.3 Å². The molecule has 0 saturated carbocycles. The summed E-state index contributed by atoms with van der Waals surface area (Å²) in [6.45, 7) is 5.50. The van der Waals surface area contributed by atoms with E-state index >= 15 is 0 Å². The molecule has 0 radical (unpaired) electrons. The predicted molar refractivity (Wildman–Crippen MR) is 88.0 cm³/mol. The zero-order valence-electron chi connectivity index (χ0n) is 14.5. The van der Waals surface area contributed by atoms with Gasteiger partial charge in [0.05, 0.1) is 7.11 Å². The summed E-state index contributed by atoms with van der Waals surface area (Å²) in [6, 6.07) is 3.20. The number of carbonyl (C=O) groups is 2. The zero-order chi connectivity index (χ0) is 18.6. The third-order valence-electron chi connectivity index (χ3n) is 3.16. The molecule has 0 aliphatic rings. The second-order valence-corrected chi connectivity index (χ2v) is 6.36. The summed E-state index contributed by atoms with van der Waals surface area (Å²) >= 11 is 0. The van der Waals surface area contributed by atoms with Gasteiger partial charge < -0.3 is 10.1 Å². The van der Waals surface area contributed by atoms with Crippen molar-refractivity contribution in [2.24, 2.45) is 0 Å². The molecule has 0 unspecified atom stereocenters. The largest absolute Gasteiger partial charge is 0.479 e. The number of nitrogens with one attached hydrogen (secondary N) is 1. The highest BCUT2D eigenvalue weighted by atomic mass is 19.1. The Morgan fingerprint density at radius 1 is 1.20 bits per heavy atom. The van der Waals surface area contributed by atoms with Gasteiger partial charge in [0.1, 0.15) is 17.7 Å². The van der Waals surface area contributed by atoms with Gasteiger partial charge in [0.15, 0.2) is 5.78 Å². The van der Waals surface area contributed by atoms with Crippen molar-refractivity contribution in [2.45, 2.75) is 32.7 Å². The molecule has 0 aromatic carbocycles. The molecule has 0 fully saturated rings. The van der Waals surface area contributed by atoms with Crippen LogP contribution in [0.25, 0.3) is 0 Å². The number of aromatic nitrogens is 3. The maximum absolute atomic E-state index is 14.1. The Balaban J connectivity index is 2.29. The Kier molecular flexibility index (Phi) is 5.41.